The molecule has 208 valence electrons. The van der Waals surface area contributed by atoms with Crippen LogP contribution in [0.1, 0.15) is 139 Å². The molecule has 1 rings (SSSR count). The Labute approximate surface area is 221 Å². The summed E-state index contributed by atoms with van der Waals surface area (Å²) in [4.78, 5) is 10.5. The van der Waals surface area contributed by atoms with Crippen molar-refractivity contribution in [2.45, 2.75) is 136 Å². The molecule has 6 heteroatoms. The Morgan fingerprint density at radius 1 is 0.889 bits per heavy atom. The second-order valence-electron chi connectivity index (χ2n) is 10.3. The second kappa shape index (κ2) is 19.8. The third kappa shape index (κ3) is 14.5. The minimum atomic E-state index is -4.43. The van der Waals surface area contributed by atoms with Crippen molar-refractivity contribution in [3.63, 3.8) is 0 Å². The molecule has 0 amide bonds. The van der Waals surface area contributed by atoms with Crippen molar-refractivity contribution in [2.24, 2.45) is 5.92 Å². The highest BCUT2D eigenvalue weighted by atomic mass is 32.3. The van der Waals surface area contributed by atoms with E-state index < -0.39 is 10.4 Å². The zero-order valence-electron chi connectivity index (χ0n) is 23.2. The molecule has 0 radical (unpaired) electrons. The fourth-order valence-electron chi connectivity index (χ4n) is 5.59. The van der Waals surface area contributed by atoms with Crippen molar-refractivity contribution < 1.29 is 21.9 Å². The minimum absolute atomic E-state index is 0.0467. The predicted octanol–water partition coefficient (Wildman–Crippen LogP) is 8.54. The maximum absolute atomic E-state index is 11.0. The van der Waals surface area contributed by atoms with Crippen LogP contribution in [0.15, 0.2) is 18.2 Å². The molecule has 0 heterocycles. The Bertz CT molecular complexity index is 806. The molecule has 0 bridgehead atoms. The topological polar surface area (TPSA) is 80.7 Å². The van der Waals surface area contributed by atoms with E-state index >= 15 is 0 Å². The molecule has 36 heavy (non-hydrogen) atoms. The SMILES string of the molecule is CCCCCCCCCC(CCCCCCCC=O)C(CC)c1c(C)cccc1CCOS(=O)(=O)O. The Morgan fingerprint density at radius 2 is 1.47 bits per heavy atom. The zero-order valence-corrected chi connectivity index (χ0v) is 24.0. The van der Waals surface area contributed by atoms with Crippen LogP contribution in [0.4, 0.5) is 0 Å². The van der Waals surface area contributed by atoms with Crippen molar-refractivity contribution in [1.29, 1.82) is 0 Å². The predicted molar refractivity (Wildman–Crippen MR) is 150 cm³/mol. The van der Waals surface area contributed by atoms with Crippen LogP contribution in [0.2, 0.25) is 0 Å². The van der Waals surface area contributed by atoms with Crippen LogP contribution in [0.3, 0.4) is 0 Å². The van der Waals surface area contributed by atoms with Crippen molar-refractivity contribution in [2.75, 3.05) is 6.61 Å². The maximum atomic E-state index is 11.0. The van der Waals surface area contributed by atoms with Crippen LogP contribution < -0.4 is 0 Å². The molecule has 0 spiro atoms. The van der Waals surface area contributed by atoms with Gasteiger partial charge >= 0.3 is 10.4 Å². The number of benzene rings is 1. The number of aldehydes is 1. The van der Waals surface area contributed by atoms with Gasteiger partial charge in [-0.1, -0.05) is 103 Å². The van der Waals surface area contributed by atoms with Gasteiger partial charge in [0, 0.05) is 6.42 Å². The van der Waals surface area contributed by atoms with Gasteiger partial charge in [-0.25, -0.2) is 4.18 Å². The average molecular weight is 525 g/mol. The van der Waals surface area contributed by atoms with Gasteiger partial charge in [-0.05, 0) is 67.6 Å². The quantitative estimate of drug-likeness (QED) is 0.0881. The van der Waals surface area contributed by atoms with Gasteiger partial charge in [0.2, 0.25) is 0 Å². The third-order valence-electron chi connectivity index (χ3n) is 7.47. The lowest BCUT2D eigenvalue weighted by molar-refractivity contribution is -0.107. The summed E-state index contributed by atoms with van der Waals surface area (Å²) in [6.45, 7) is 6.64. The molecule has 1 aromatic carbocycles. The summed E-state index contributed by atoms with van der Waals surface area (Å²) >= 11 is 0. The molecular formula is C30H52O5S. The van der Waals surface area contributed by atoms with Gasteiger partial charge in [-0.15, -0.1) is 0 Å². The Hall–Kier alpha value is -1.24. The molecule has 5 nitrogen and oxygen atoms in total. The van der Waals surface area contributed by atoms with E-state index in [2.05, 4.69) is 37.1 Å². The number of carbonyl (C=O) groups excluding carboxylic acids is 1. The highest BCUT2D eigenvalue weighted by molar-refractivity contribution is 7.80. The van der Waals surface area contributed by atoms with Gasteiger partial charge in [0.25, 0.3) is 0 Å². The van der Waals surface area contributed by atoms with Crippen LogP contribution in [-0.4, -0.2) is 25.9 Å². The Morgan fingerprint density at radius 3 is 2.03 bits per heavy atom. The van der Waals surface area contributed by atoms with E-state index in [0.717, 1.165) is 31.1 Å². The zero-order chi connectivity index (χ0) is 26.7. The lowest BCUT2D eigenvalue weighted by Crippen LogP contribution is -2.17. The van der Waals surface area contributed by atoms with Gasteiger partial charge in [0.05, 0.1) is 6.61 Å². The average Bonchev–Trinajstić information content (AvgIpc) is 2.83. The first-order chi connectivity index (χ1) is 17.3. The third-order valence-corrected chi connectivity index (χ3v) is 7.94. The van der Waals surface area contributed by atoms with Gasteiger partial charge in [-0.2, -0.15) is 8.42 Å². The van der Waals surface area contributed by atoms with Crippen molar-refractivity contribution in [3.05, 3.63) is 34.9 Å². The number of aryl methyl sites for hydroxylation is 1. The van der Waals surface area contributed by atoms with E-state index in [1.807, 2.05) is 6.07 Å². The molecule has 0 aliphatic heterocycles. The number of hydrogen-bond acceptors (Lipinski definition) is 4. The summed E-state index contributed by atoms with van der Waals surface area (Å²) in [5.74, 6) is 1.03. The van der Waals surface area contributed by atoms with Crippen LogP contribution in [0.5, 0.6) is 0 Å². The van der Waals surface area contributed by atoms with Crippen molar-refractivity contribution in [3.8, 4) is 0 Å². The summed E-state index contributed by atoms with van der Waals surface area (Å²) in [6, 6.07) is 6.26. The maximum Gasteiger partial charge on any atom is 0.397 e. The molecule has 0 aromatic heterocycles. The second-order valence-corrected chi connectivity index (χ2v) is 11.4. The monoisotopic (exact) mass is 524 g/mol. The molecule has 0 saturated carbocycles. The molecule has 2 atom stereocenters. The summed E-state index contributed by atoms with van der Waals surface area (Å²) in [6.07, 6.45) is 20.6. The van der Waals surface area contributed by atoms with Crippen molar-refractivity contribution >= 4 is 16.7 Å². The van der Waals surface area contributed by atoms with Crippen LogP contribution >= 0.6 is 0 Å². The van der Waals surface area contributed by atoms with Gasteiger partial charge in [-0.3, -0.25) is 4.55 Å². The van der Waals surface area contributed by atoms with E-state index in [-0.39, 0.29) is 6.61 Å². The molecule has 1 N–H and O–H groups in total. The van der Waals surface area contributed by atoms with Crippen LogP contribution in [-0.2, 0) is 25.8 Å². The number of rotatable bonds is 23. The van der Waals surface area contributed by atoms with E-state index in [1.165, 1.54) is 88.2 Å². The molecule has 0 saturated heterocycles. The molecule has 2 unspecified atom stereocenters. The van der Waals surface area contributed by atoms with Gasteiger partial charge in [0.1, 0.15) is 6.29 Å². The number of carbonyl (C=O) groups is 1. The smallest absolute Gasteiger partial charge is 0.303 e. The molecule has 0 fully saturated rings. The van der Waals surface area contributed by atoms with Crippen LogP contribution in [0, 0.1) is 12.8 Å². The van der Waals surface area contributed by atoms with E-state index in [4.69, 9.17) is 4.55 Å². The van der Waals surface area contributed by atoms with E-state index in [1.54, 1.807) is 0 Å². The van der Waals surface area contributed by atoms with Crippen LogP contribution in [0.25, 0.3) is 0 Å². The first-order valence-electron chi connectivity index (χ1n) is 14.5. The van der Waals surface area contributed by atoms with Gasteiger partial charge < -0.3 is 4.79 Å². The normalized spacial score (nSPS) is 13.6. The lowest BCUT2D eigenvalue weighted by Gasteiger charge is -2.30. The molecule has 0 aliphatic carbocycles. The molecular weight excluding hydrogens is 472 g/mol. The first kappa shape index (κ1) is 32.8. The standard InChI is InChI=1S/C30H52O5S/c1-4-6-7-8-9-12-15-20-27(21-16-13-10-11-14-17-24-31)29(5-2)30-26(3)19-18-22-28(30)23-25-35-36(32,33)34/h18-19,22,24,27,29H,4-17,20-21,23,25H2,1-3H3,(H,32,33,34). The Kier molecular flexibility index (Phi) is 18.0. The van der Waals surface area contributed by atoms with Crippen molar-refractivity contribution in [1.82, 2.24) is 0 Å². The summed E-state index contributed by atoms with van der Waals surface area (Å²) in [7, 11) is -4.43. The highest BCUT2D eigenvalue weighted by Crippen LogP contribution is 2.39. The lowest BCUT2D eigenvalue weighted by atomic mass is 9.75. The summed E-state index contributed by atoms with van der Waals surface area (Å²) in [5.41, 5.74) is 3.73. The van der Waals surface area contributed by atoms with E-state index in [0.29, 0.717) is 24.7 Å². The number of unbranched alkanes of at least 4 members (excludes halogenated alkanes) is 11. The first-order valence-corrected chi connectivity index (χ1v) is 15.8. The number of hydrogen-bond donors (Lipinski definition) is 1. The molecule has 1 aromatic rings. The molecule has 0 aliphatic rings. The highest BCUT2D eigenvalue weighted by Gasteiger charge is 2.25. The summed E-state index contributed by atoms with van der Waals surface area (Å²) in [5, 5.41) is 0. The Balaban J connectivity index is 2.88. The fourth-order valence-corrected chi connectivity index (χ4v) is 5.89. The van der Waals surface area contributed by atoms with Gasteiger partial charge in [0.15, 0.2) is 0 Å². The largest absolute Gasteiger partial charge is 0.397 e. The fraction of sp³-hybridized carbons (Fsp3) is 0.767. The minimum Gasteiger partial charge on any atom is -0.303 e. The summed E-state index contributed by atoms with van der Waals surface area (Å²) < 4.78 is 35.7. The van der Waals surface area contributed by atoms with E-state index in [9.17, 15) is 13.2 Å².